The third-order valence-corrected chi connectivity index (χ3v) is 3.31. The maximum atomic E-state index is 8.72. The zero-order valence-electron chi connectivity index (χ0n) is 11.0. The molecule has 1 heterocycles. The molecule has 0 unspecified atom stereocenters. The van der Waals surface area contributed by atoms with Gasteiger partial charge in [-0.05, 0) is 39.7 Å². The Balaban J connectivity index is 2.19. The fraction of sp³-hybridized carbons (Fsp3) is 0.143. The van der Waals surface area contributed by atoms with E-state index in [0.29, 0.717) is 12.1 Å². The van der Waals surface area contributed by atoms with Crippen molar-refractivity contribution in [3.05, 3.63) is 58.3 Å². The summed E-state index contributed by atoms with van der Waals surface area (Å²) in [6.07, 6.45) is 3.58. The Morgan fingerprint density at radius 3 is 2.90 bits per heavy atom. The highest BCUT2D eigenvalue weighted by molar-refractivity contribution is 9.10. The smallest absolute Gasteiger partial charge is 0.170 e. The first-order valence-electron chi connectivity index (χ1n) is 5.98. The minimum atomic E-state index is 0.101. The molecule has 1 aromatic heterocycles. The summed E-state index contributed by atoms with van der Waals surface area (Å²) in [6, 6.07) is 9.54. The van der Waals surface area contributed by atoms with Crippen molar-refractivity contribution in [3.63, 3.8) is 0 Å². The summed E-state index contributed by atoms with van der Waals surface area (Å²) in [5.74, 6) is 0.101. The first-order valence-corrected chi connectivity index (χ1v) is 6.78. The topological polar surface area (TPSA) is 74.7 Å². The van der Waals surface area contributed by atoms with Gasteiger partial charge in [0.25, 0.3) is 0 Å². The molecule has 2 rings (SSSR count). The van der Waals surface area contributed by atoms with E-state index < -0.39 is 0 Å². The van der Waals surface area contributed by atoms with Gasteiger partial charge in [0.05, 0.1) is 0 Å². The van der Waals surface area contributed by atoms with Crippen molar-refractivity contribution in [2.24, 2.45) is 10.9 Å². The number of pyridine rings is 1. The molecule has 0 atom stereocenters. The molecule has 0 aliphatic rings. The summed E-state index contributed by atoms with van der Waals surface area (Å²) in [6.45, 7) is 0.714. The van der Waals surface area contributed by atoms with Gasteiger partial charge in [-0.15, -0.1) is 0 Å². The van der Waals surface area contributed by atoms with Crippen LogP contribution in [0.1, 0.15) is 11.1 Å². The molecular weight excluding hydrogens is 320 g/mol. The van der Waals surface area contributed by atoms with Crippen molar-refractivity contribution in [2.45, 2.75) is 6.54 Å². The Bertz CT molecular complexity index is 630. The van der Waals surface area contributed by atoms with E-state index in [1.165, 1.54) is 0 Å². The summed E-state index contributed by atoms with van der Waals surface area (Å²) < 4.78 is 0.953. The van der Waals surface area contributed by atoms with Crippen LogP contribution < -0.4 is 10.6 Å². The molecule has 104 valence electrons. The van der Waals surface area contributed by atoms with Gasteiger partial charge in [-0.3, -0.25) is 4.98 Å². The minimum absolute atomic E-state index is 0.101. The molecule has 0 bridgehead atoms. The quantitative estimate of drug-likeness (QED) is 0.390. The molecule has 0 fully saturated rings. The van der Waals surface area contributed by atoms with E-state index in [4.69, 9.17) is 10.9 Å². The van der Waals surface area contributed by atoms with Crippen molar-refractivity contribution < 1.29 is 5.21 Å². The largest absolute Gasteiger partial charge is 0.409 e. The van der Waals surface area contributed by atoms with Crippen LogP contribution in [0.3, 0.4) is 0 Å². The summed E-state index contributed by atoms with van der Waals surface area (Å²) in [5.41, 5.74) is 8.36. The Morgan fingerprint density at radius 1 is 1.40 bits per heavy atom. The molecule has 0 saturated heterocycles. The van der Waals surface area contributed by atoms with Crippen molar-refractivity contribution in [3.8, 4) is 0 Å². The number of nitrogens with two attached hydrogens (primary N) is 1. The van der Waals surface area contributed by atoms with Crippen molar-refractivity contribution >= 4 is 27.5 Å². The van der Waals surface area contributed by atoms with Crippen LogP contribution in [0.25, 0.3) is 0 Å². The van der Waals surface area contributed by atoms with Gasteiger partial charge in [-0.25, -0.2) is 0 Å². The number of rotatable bonds is 4. The van der Waals surface area contributed by atoms with Crippen LogP contribution in [-0.2, 0) is 6.54 Å². The molecule has 0 aliphatic heterocycles. The predicted molar refractivity (Wildman–Crippen MR) is 83.0 cm³/mol. The Kier molecular flexibility index (Phi) is 4.57. The molecule has 0 saturated carbocycles. The molecule has 1 aromatic carbocycles. The van der Waals surface area contributed by atoms with Gasteiger partial charge in [0.15, 0.2) is 5.84 Å². The van der Waals surface area contributed by atoms with E-state index in [0.717, 1.165) is 15.7 Å². The van der Waals surface area contributed by atoms with Gasteiger partial charge in [-0.1, -0.05) is 17.3 Å². The molecule has 6 heteroatoms. The number of nitrogens with zero attached hydrogens (tertiary/aromatic N) is 3. The van der Waals surface area contributed by atoms with E-state index in [2.05, 4.69) is 31.0 Å². The summed E-state index contributed by atoms with van der Waals surface area (Å²) in [7, 11) is 1.98. The van der Waals surface area contributed by atoms with E-state index in [-0.39, 0.29) is 5.84 Å². The minimum Gasteiger partial charge on any atom is -0.409 e. The first kappa shape index (κ1) is 14.3. The number of amidine groups is 1. The summed E-state index contributed by atoms with van der Waals surface area (Å²) in [5, 5.41) is 11.7. The van der Waals surface area contributed by atoms with E-state index in [1.807, 2.05) is 37.5 Å². The number of anilines is 1. The average molecular weight is 335 g/mol. The second kappa shape index (κ2) is 6.38. The van der Waals surface area contributed by atoms with Crippen molar-refractivity contribution in [2.75, 3.05) is 11.9 Å². The molecule has 3 N–H and O–H groups in total. The molecule has 0 amide bonds. The Labute approximate surface area is 125 Å². The maximum absolute atomic E-state index is 8.72. The summed E-state index contributed by atoms with van der Waals surface area (Å²) >= 11 is 3.41. The van der Waals surface area contributed by atoms with E-state index >= 15 is 0 Å². The van der Waals surface area contributed by atoms with E-state index in [9.17, 15) is 0 Å². The van der Waals surface area contributed by atoms with Crippen LogP contribution in [-0.4, -0.2) is 23.1 Å². The van der Waals surface area contributed by atoms with Crippen molar-refractivity contribution in [1.29, 1.82) is 0 Å². The number of hydrogen-bond acceptors (Lipinski definition) is 4. The lowest BCUT2D eigenvalue weighted by Crippen LogP contribution is -2.18. The standard InChI is InChI=1S/C14H15BrN4O/c1-19(9-10-5-12(15)8-17-7-10)13-4-2-3-11(6-13)14(16)18-20/h2-8,20H,9H2,1H3,(H2,16,18). The number of halogens is 1. The molecular formula is C14H15BrN4O. The highest BCUT2D eigenvalue weighted by atomic mass is 79.9. The second-order valence-electron chi connectivity index (χ2n) is 4.40. The van der Waals surface area contributed by atoms with Crippen molar-refractivity contribution in [1.82, 2.24) is 4.98 Å². The number of hydrogen-bond donors (Lipinski definition) is 2. The average Bonchev–Trinajstić information content (AvgIpc) is 2.46. The predicted octanol–water partition coefficient (Wildman–Crippen LogP) is 2.58. The van der Waals surface area contributed by atoms with Crippen LogP contribution in [0.4, 0.5) is 5.69 Å². The van der Waals surface area contributed by atoms with Crippen LogP contribution >= 0.6 is 15.9 Å². The molecule has 20 heavy (non-hydrogen) atoms. The SMILES string of the molecule is CN(Cc1cncc(Br)c1)c1cccc(/C(N)=N/O)c1. The van der Waals surface area contributed by atoms with Gasteiger partial charge < -0.3 is 15.8 Å². The zero-order chi connectivity index (χ0) is 14.5. The third kappa shape index (κ3) is 3.48. The van der Waals surface area contributed by atoms with Crippen LogP contribution in [0.2, 0.25) is 0 Å². The zero-order valence-corrected chi connectivity index (χ0v) is 12.6. The monoisotopic (exact) mass is 334 g/mol. The third-order valence-electron chi connectivity index (χ3n) is 2.87. The number of aromatic nitrogens is 1. The molecule has 0 radical (unpaired) electrons. The fourth-order valence-electron chi connectivity index (χ4n) is 1.87. The lowest BCUT2D eigenvalue weighted by atomic mass is 10.1. The van der Waals surface area contributed by atoms with Crippen LogP contribution in [0, 0.1) is 0 Å². The Morgan fingerprint density at radius 2 is 2.20 bits per heavy atom. The maximum Gasteiger partial charge on any atom is 0.170 e. The number of oxime groups is 1. The summed E-state index contributed by atoms with van der Waals surface area (Å²) in [4.78, 5) is 6.21. The molecule has 0 spiro atoms. The molecule has 0 aliphatic carbocycles. The van der Waals surface area contributed by atoms with Gasteiger partial charge in [0.1, 0.15) is 0 Å². The second-order valence-corrected chi connectivity index (χ2v) is 5.32. The Hall–Kier alpha value is -2.08. The first-order chi connectivity index (χ1) is 9.60. The lowest BCUT2D eigenvalue weighted by Gasteiger charge is -2.20. The van der Waals surface area contributed by atoms with Gasteiger partial charge in [-0.2, -0.15) is 0 Å². The van der Waals surface area contributed by atoms with Gasteiger partial charge in [0, 0.05) is 41.7 Å². The highest BCUT2D eigenvalue weighted by Crippen LogP contribution is 2.18. The van der Waals surface area contributed by atoms with Gasteiger partial charge >= 0.3 is 0 Å². The molecule has 5 nitrogen and oxygen atoms in total. The van der Waals surface area contributed by atoms with Crippen LogP contribution in [0.15, 0.2) is 52.4 Å². The highest BCUT2D eigenvalue weighted by Gasteiger charge is 2.06. The number of benzene rings is 1. The normalized spacial score (nSPS) is 11.4. The molecule has 2 aromatic rings. The van der Waals surface area contributed by atoms with Crippen LogP contribution in [0.5, 0.6) is 0 Å². The van der Waals surface area contributed by atoms with Gasteiger partial charge in [0.2, 0.25) is 0 Å². The van der Waals surface area contributed by atoms with E-state index in [1.54, 1.807) is 12.3 Å². The fourth-order valence-corrected chi connectivity index (χ4v) is 2.28. The lowest BCUT2D eigenvalue weighted by molar-refractivity contribution is 0.318.